The fourth-order valence-electron chi connectivity index (χ4n) is 2.70. The Balaban J connectivity index is 1.47. The largest absolute Gasteiger partial charge is 0.497 e. The van der Waals surface area contributed by atoms with Gasteiger partial charge >= 0.3 is 0 Å². The highest BCUT2D eigenvalue weighted by Gasteiger charge is 2.28. The van der Waals surface area contributed by atoms with Gasteiger partial charge in [-0.1, -0.05) is 30.3 Å². The van der Waals surface area contributed by atoms with Crippen molar-refractivity contribution in [1.29, 1.82) is 0 Å². The molecular formula is C20H22N4O3. The van der Waals surface area contributed by atoms with Crippen LogP contribution >= 0.6 is 0 Å². The average Bonchev–Trinajstić information content (AvgIpc) is 3.02. The Labute approximate surface area is 157 Å². The normalized spacial score (nSPS) is 15.7. The molecule has 0 aromatic heterocycles. The summed E-state index contributed by atoms with van der Waals surface area (Å²) in [6.07, 6.45) is 0.769. The van der Waals surface area contributed by atoms with Crippen molar-refractivity contribution >= 4 is 23.5 Å². The number of aliphatic imine (C=N–C) groups is 1. The second-order valence-electron chi connectivity index (χ2n) is 6.13. The number of carbonyl (C=O) groups excluding carboxylic acids is 2. The fraction of sp³-hybridized carbons (Fsp3) is 0.250. The predicted molar refractivity (Wildman–Crippen MR) is 104 cm³/mol. The molecule has 1 atom stereocenters. The highest BCUT2D eigenvalue weighted by Crippen LogP contribution is 2.16. The molecule has 1 heterocycles. The van der Waals surface area contributed by atoms with E-state index in [1.165, 1.54) is 0 Å². The summed E-state index contributed by atoms with van der Waals surface area (Å²) in [6, 6.07) is 16.4. The lowest BCUT2D eigenvalue weighted by atomic mass is 10.1. The number of amides is 2. The number of hydrogen-bond acceptors (Lipinski definition) is 5. The monoisotopic (exact) mass is 366 g/mol. The standard InChI is InChI=1S/C20H22N4O3/c1-27-16-9-7-15(8-10-16)22-20-23-17(19(26)24-20)13-18(25)21-12-11-14-5-3-2-4-6-14/h2-10,17H,11-13H2,1H3,(H,21,25)(H2,22,23,24,26)/t17-/m1/s1. The van der Waals surface area contributed by atoms with Crippen molar-refractivity contribution in [2.24, 2.45) is 4.99 Å². The van der Waals surface area contributed by atoms with Gasteiger partial charge in [0.25, 0.3) is 5.91 Å². The Bertz CT molecular complexity index is 819. The Hall–Kier alpha value is -3.35. The van der Waals surface area contributed by atoms with E-state index >= 15 is 0 Å². The molecule has 1 aliphatic heterocycles. The first-order chi connectivity index (χ1) is 13.1. The smallest absolute Gasteiger partial charge is 0.252 e. The molecule has 1 aliphatic rings. The van der Waals surface area contributed by atoms with Crippen LogP contribution in [0.4, 0.5) is 5.69 Å². The van der Waals surface area contributed by atoms with Gasteiger partial charge in [0.15, 0.2) is 0 Å². The van der Waals surface area contributed by atoms with Crippen molar-refractivity contribution in [1.82, 2.24) is 10.6 Å². The molecule has 2 aromatic rings. The van der Waals surface area contributed by atoms with Gasteiger partial charge in [0.2, 0.25) is 11.9 Å². The van der Waals surface area contributed by atoms with Gasteiger partial charge in [0.05, 0.1) is 13.5 Å². The molecule has 0 saturated carbocycles. The van der Waals surface area contributed by atoms with E-state index in [4.69, 9.17) is 4.74 Å². The third-order valence-corrected chi connectivity index (χ3v) is 4.14. The number of guanidine groups is 1. The summed E-state index contributed by atoms with van der Waals surface area (Å²) < 4.78 is 5.11. The van der Waals surface area contributed by atoms with Crippen molar-refractivity contribution in [2.45, 2.75) is 18.9 Å². The van der Waals surface area contributed by atoms with Crippen LogP contribution in [-0.4, -0.2) is 37.5 Å². The second kappa shape index (κ2) is 8.84. The summed E-state index contributed by atoms with van der Waals surface area (Å²) in [4.78, 5) is 28.4. The summed E-state index contributed by atoms with van der Waals surface area (Å²) in [5.41, 5.74) is 1.92. The van der Waals surface area contributed by atoms with E-state index in [0.29, 0.717) is 12.5 Å². The van der Waals surface area contributed by atoms with Crippen LogP contribution in [0.5, 0.6) is 5.75 Å². The molecular weight excluding hydrogens is 344 g/mol. The van der Waals surface area contributed by atoms with E-state index in [0.717, 1.165) is 23.4 Å². The number of methoxy groups -OCH3 is 1. The van der Waals surface area contributed by atoms with Gasteiger partial charge in [0.1, 0.15) is 11.8 Å². The molecule has 2 amide bonds. The molecule has 0 radical (unpaired) electrons. The lowest BCUT2D eigenvalue weighted by Gasteiger charge is -2.07. The maximum Gasteiger partial charge on any atom is 0.252 e. The van der Waals surface area contributed by atoms with Crippen LogP contribution in [0.15, 0.2) is 59.6 Å². The fourth-order valence-corrected chi connectivity index (χ4v) is 2.70. The summed E-state index contributed by atoms with van der Waals surface area (Å²) in [6.45, 7) is 0.526. The summed E-state index contributed by atoms with van der Waals surface area (Å²) in [7, 11) is 1.60. The van der Waals surface area contributed by atoms with Crippen LogP contribution in [0.1, 0.15) is 12.0 Å². The molecule has 3 rings (SSSR count). The van der Waals surface area contributed by atoms with Crippen LogP contribution in [-0.2, 0) is 16.0 Å². The molecule has 0 aliphatic carbocycles. The maximum atomic E-state index is 12.1. The van der Waals surface area contributed by atoms with Gasteiger partial charge in [-0.15, -0.1) is 0 Å². The van der Waals surface area contributed by atoms with Crippen molar-refractivity contribution in [2.75, 3.05) is 19.0 Å². The Morgan fingerprint density at radius 2 is 1.89 bits per heavy atom. The highest BCUT2D eigenvalue weighted by molar-refractivity contribution is 6.11. The molecule has 0 saturated heterocycles. The summed E-state index contributed by atoms with van der Waals surface area (Å²) in [5, 5.41) is 8.51. The zero-order chi connectivity index (χ0) is 19.1. The zero-order valence-electron chi connectivity index (χ0n) is 15.1. The number of rotatable bonds is 7. The summed E-state index contributed by atoms with van der Waals surface area (Å²) in [5.74, 6) is 0.597. The molecule has 2 aromatic carbocycles. The molecule has 27 heavy (non-hydrogen) atoms. The van der Waals surface area contributed by atoms with Crippen LogP contribution in [0, 0.1) is 0 Å². The molecule has 7 nitrogen and oxygen atoms in total. The lowest BCUT2D eigenvalue weighted by Crippen LogP contribution is -2.35. The first kappa shape index (κ1) is 18.4. The number of nitrogens with zero attached hydrogens (tertiary/aromatic N) is 1. The number of carbonyl (C=O) groups is 2. The van der Waals surface area contributed by atoms with Crippen molar-refractivity contribution in [3.63, 3.8) is 0 Å². The van der Waals surface area contributed by atoms with Gasteiger partial charge in [-0.25, -0.2) is 4.99 Å². The first-order valence-corrected chi connectivity index (χ1v) is 8.74. The Kier molecular flexibility index (Phi) is 6.04. The van der Waals surface area contributed by atoms with E-state index in [9.17, 15) is 9.59 Å². The van der Waals surface area contributed by atoms with E-state index in [-0.39, 0.29) is 18.2 Å². The SMILES string of the molecule is COc1ccc(NC2=N[C@H](CC(=O)NCCc3ccccc3)C(=O)N2)cc1. The van der Waals surface area contributed by atoms with E-state index in [1.807, 2.05) is 42.5 Å². The molecule has 7 heteroatoms. The molecule has 0 unspecified atom stereocenters. The molecule has 3 N–H and O–H groups in total. The predicted octanol–water partition coefficient (Wildman–Crippen LogP) is 1.71. The first-order valence-electron chi connectivity index (χ1n) is 8.74. The third-order valence-electron chi connectivity index (χ3n) is 4.14. The van der Waals surface area contributed by atoms with Crippen molar-refractivity contribution < 1.29 is 14.3 Å². The van der Waals surface area contributed by atoms with Crippen molar-refractivity contribution in [3.8, 4) is 5.75 Å². The molecule has 0 fully saturated rings. The van der Waals surface area contributed by atoms with E-state index in [1.54, 1.807) is 19.2 Å². The van der Waals surface area contributed by atoms with Crippen LogP contribution < -0.4 is 20.7 Å². The number of hydrogen-bond donors (Lipinski definition) is 3. The molecule has 0 bridgehead atoms. The molecule has 0 spiro atoms. The van der Waals surface area contributed by atoms with Crippen LogP contribution in [0.2, 0.25) is 0 Å². The topological polar surface area (TPSA) is 91.8 Å². The van der Waals surface area contributed by atoms with Gasteiger partial charge in [-0.2, -0.15) is 0 Å². The van der Waals surface area contributed by atoms with Gasteiger partial charge < -0.3 is 15.4 Å². The Morgan fingerprint density at radius 1 is 1.15 bits per heavy atom. The van der Waals surface area contributed by atoms with Gasteiger partial charge in [-0.3, -0.25) is 14.9 Å². The minimum atomic E-state index is -0.720. The minimum Gasteiger partial charge on any atom is -0.497 e. The number of anilines is 1. The van der Waals surface area contributed by atoms with Crippen LogP contribution in [0.3, 0.4) is 0 Å². The van der Waals surface area contributed by atoms with E-state index < -0.39 is 6.04 Å². The van der Waals surface area contributed by atoms with E-state index in [2.05, 4.69) is 20.9 Å². The van der Waals surface area contributed by atoms with Gasteiger partial charge in [0, 0.05) is 12.2 Å². The van der Waals surface area contributed by atoms with Crippen molar-refractivity contribution in [3.05, 3.63) is 60.2 Å². The molecule has 140 valence electrons. The lowest BCUT2D eigenvalue weighted by molar-refractivity contribution is -0.126. The number of benzene rings is 2. The number of nitrogens with one attached hydrogen (secondary N) is 3. The highest BCUT2D eigenvalue weighted by atomic mass is 16.5. The summed E-state index contributed by atoms with van der Waals surface area (Å²) >= 11 is 0. The maximum absolute atomic E-state index is 12.1. The van der Waals surface area contributed by atoms with Gasteiger partial charge in [-0.05, 0) is 36.2 Å². The average molecular weight is 366 g/mol. The number of ether oxygens (including phenoxy) is 1. The van der Waals surface area contributed by atoms with Crippen LogP contribution in [0.25, 0.3) is 0 Å². The third kappa shape index (κ3) is 5.31. The minimum absolute atomic E-state index is 0.0222. The Morgan fingerprint density at radius 3 is 2.59 bits per heavy atom. The second-order valence-corrected chi connectivity index (χ2v) is 6.13. The zero-order valence-corrected chi connectivity index (χ0v) is 15.1. The quantitative estimate of drug-likeness (QED) is 0.696.